The molecular formula is C12H9F2N3O3. The molecule has 6 nitrogen and oxygen atoms in total. The van der Waals surface area contributed by atoms with E-state index >= 15 is 0 Å². The number of ether oxygens (including phenoxy) is 1. The van der Waals surface area contributed by atoms with Crippen LogP contribution in [0.5, 0.6) is 5.75 Å². The van der Waals surface area contributed by atoms with Crippen LogP contribution in [0.4, 0.5) is 8.78 Å². The summed E-state index contributed by atoms with van der Waals surface area (Å²) in [4.78, 5) is 10.8. The lowest BCUT2D eigenvalue weighted by atomic mass is 10.2. The Kier molecular flexibility index (Phi) is 4.04. The number of aromatic amines is 1. The zero-order valence-corrected chi connectivity index (χ0v) is 9.96. The van der Waals surface area contributed by atoms with Crippen LogP contribution in [0.3, 0.4) is 0 Å². The monoisotopic (exact) mass is 281 g/mol. The number of hydrogen-bond donors (Lipinski definition) is 2. The molecule has 0 aliphatic heterocycles. The molecule has 0 saturated carbocycles. The number of nitrogens with zero attached hydrogens (tertiary/aromatic N) is 2. The van der Waals surface area contributed by atoms with Gasteiger partial charge in [0.1, 0.15) is 11.4 Å². The Balaban J connectivity index is 2.11. The third kappa shape index (κ3) is 3.37. The zero-order valence-electron chi connectivity index (χ0n) is 9.96. The molecule has 0 radical (unpaired) electrons. The van der Waals surface area contributed by atoms with E-state index in [1.54, 1.807) is 18.2 Å². The number of alkyl halides is 2. The quantitative estimate of drug-likeness (QED) is 0.877. The molecule has 0 saturated heterocycles. The average molecular weight is 281 g/mol. The smallest absolute Gasteiger partial charge is 0.387 e. The topological polar surface area (TPSA) is 88.1 Å². The predicted octanol–water partition coefficient (Wildman–Crippen LogP) is 2.27. The summed E-state index contributed by atoms with van der Waals surface area (Å²) in [6.07, 6.45) is 3.03. The summed E-state index contributed by atoms with van der Waals surface area (Å²) in [7, 11) is 0. The van der Waals surface area contributed by atoms with Crippen molar-refractivity contribution in [1.29, 1.82) is 0 Å². The third-order valence-electron chi connectivity index (χ3n) is 2.32. The van der Waals surface area contributed by atoms with Crippen LogP contribution < -0.4 is 4.74 Å². The number of hydrogen-bond acceptors (Lipinski definition) is 4. The Bertz CT molecular complexity index is 623. The Morgan fingerprint density at radius 1 is 1.25 bits per heavy atom. The summed E-state index contributed by atoms with van der Waals surface area (Å²) in [5, 5.41) is 18.2. The Hall–Kier alpha value is -2.77. The van der Waals surface area contributed by atoms with Gasteiger partial charge >= 0.3 is 12.6 Å². The van der Waals surface area contributed by atoms with Crippen LogP contribution >= 0.6 is 0 Å². The lowest BCUT2D eigenvalue weighted by Gasteiger charge is -2.03. The predicted molar refractivity (Wildman–Crippen MR) is 65.3 cm³/mol. The number of aromatic carboxylic acids is 1. The van der Waals surface area contributed by atoms with Gasteiger partial charge in [-0.2, -0.15) is 19.1 Å². The van der Waals surface area contributed by atoms with Crippen molar-refractivity contribution in [2.45, 2.75) is 6.61 Å². The average Bonchev–Trinajstić information content (AvgIpc) is 2.86. The van der Waals surface area contributed by atoms with Crippen molar-refractivity contribution in [3.05, 3.63) is 41.2 Å². The summed E-state index contributed by atoms with van der Waals surface area (Å²) in [6, 6.07) is 5.86. The molecule has 1 aromatic heterocycles. The van der Waals surface area contributed by atoms with Gasteiger partial charge in [-0.1, -0.05) is 18.2 Å². The molecule has 2 rings (SSSR count). The van der Waals surface area contributed by atoms with E-state index in [0.29, 0.717) is 5.56 Å². The van der Waals surface area contributed by atoms with E-state index in [4.69, 9.17) is 5.11 Å². The van der Waals surface area contributed by atoms with Crippen LogP contribution in [0.1, 0.15) is 21.7 Å². The van der Waals surface area contributed by atoms with Crippen LogP contribution in [0.25, 0.3) is 12.2 Å². The second-order valence-electron chi connectivity index (χ2n) is 3.64. The van der Waals surface area contributed by atoms with E-state index in [1.165, 1.54) is 18.2 Å². The first-order valence-corrected chi connectivity index (χ1v) is 5.43. The number of H-pyrrole nitrogens is 1. The third-order valence-corrected chi connectivity index (χ3v) is 2.32. The van der Waals surface area contributed by atoms with E-state index in [-0.39, 0.29) is 17.1 Å². The Morgan fingerprint density at radius 2 is 1.95 bits per heavy atom. The van der Waals surface area contributed by atoms with E-state index < -0.39 is 12.6 Å². The van der Waals surface area contributed by atoms with Crippen LogP contribution in [0.2, 0.25) is 0 Å². The van der Waals surface area contributed by atoms with E-state index in [1.807, 2.05) is 0 Å². The molecule has 0 unspecified atom stereocenters. The zero-order chi connectivity index (χ0) is 14.5. The molecule has 2 aromatic rings. The van der Waals surface area contributed by atoms with Crippen molar-refractivity contribution < 1.29 is 23.4 Å². The lowest BCUT2D eigenvalue weighted by molar-refractivity contribution is -0.0498. The molecular weight excluding hydrogens is 272 g/mol. The van der Waals surface area contributed by atoms with Gasteiger partial charge in [-0.3, -0.25) is 0 Å². The second kappa shape index (κ2) is 5.91. The number of carboxylic acids is 1. The summed E-state index contributed by atoms with van der Waals surface area (Å²) in [5.74, 6) is -1.15. The van der Waals surface area contributed by atoms with Gasteiger partial charge in [0.15, 0.2) is 5.69 Å². The number of benzene rings is 1. The van der Waals surface area contributed by atoms with Gasteiger partial charge in [-0.05, 0) is 23.8 Å². The minimum absolute atomic E-state index is 0.0461. The maximum atomic E-state index is 12.0. The summed E-state index contributed by atoms with van der Waals surface area (Å²) >= 11 is 0. The number of halogens is 2. The van der Waals surface area contributed by atoms with Crippen LogP contribution in [-0.4, -0.2) is 33.1 Å². The van der Waals surface area contributed by atoms with Gasteiger partial charge in [0, 0.05) is 0 Å². The lowest BCUT2D eigenvalue weighted by Crippen LogP contribution is -2.01. The van der Waals surface area contributed by atoms with E-state index in [0.717, 1.165) is 0 Å². The Morgan fingerprint density at radius 3 is 2.55 bits per heavy atom. The highest BCUT2D eigenvalue weighted by atomic mass is 19.3. The fourth-order valence-electron chi connectivity index (χ4n) is 1.45. The molecule has 8 heteroatoms. The molecule has 0 amide bonds. The molecule has 0 aliphatic rings. The molecule has 1 aromatic carbocycles. The first-order chi connectivity index (χ1) is 9.56. The summed E-state index contributed by atoms with van der Waals surface area (Å²) in [6.45, 7) is -2.87. The first kappa shape index (κ1) is 13.7. The summed E-state index contributed by atoms with van der Waals surface area (Å²) in [5.41, 5.74) is 0.648. The second-order valence-corrected chi connectivity index (χ2v) is 3.64. The Labute approximate surface area is 111 Å². The number of nitrogens with one attached hydrogen (secondary N) is 1. The van der Waals surface area contributed by atoms with Gasteiger partial charge < -0.3 is 9.84 Å². The fourth-order valence-corrected chi connectivity index (χ4v) is 1.45. The summed E-state index contributed by atoms with van der Waals surface area (Å²) < 4.78 is 28.1. The number of aromatic nitrogens is 3. The van der Waals surface area contributed by atoms with Crippen LogP contribution in [0.15, 0.2) is 24.3 Å². The minimum Gasteiger partial charge on any atom is -0.476 e. The van der Waals surface area contributed by atoms with Crippen LogP contribution in [0, 0.1) is 0 Å². The van der Waals surface area contributed by atoms with Crippen LogP contribution in [-0.2, 0) is 0 Å². The van der Waals surface area contributed by atoms with E-state index in [2.05, 4.69) is 20.1 Å². The maximum Gasteiger partial charge on any atom is 0.387 e. The van der Waals surface area contributed by atoms with Crippen molar-refractivity contribution in [2.75, 3.05) is 0 Å². The number of carboxylic acid groups (broad SMARTS) is 1. The molecule has 0 bridgehead atoms. The fraction of sp³-hybridized carbons (Fsp3) is 0.0833. The van der Waals surface area contributed by atoms with Crippen molar-refractivity contribution in [3.63, 3.8) is 0 Å². The van der Waals surface area contributed by atoms with Gasteiger partial charge in [0.25, 0.3) is 0 Å². The molecule has 104 valence electrons. The van der Waals surface area contributed by atoms with Crippen molar-refractivity contribution >= 4 is 18.1 Å². The van der Waals surface area contributed by atoms with Gasteiger partial charge in [0.2, 0.25) is 0 Å². The SMILES string of the molecule is O=C(O)c1n[nH]nc1/C=C/c1ccc(OC(F)F)cc1. The molecule has 2 N–H and O–H groups in total. The first-order valence-electron chi connectivity index (χ1n) is 5.43. The molecule has 20 heavy (non-hydrogen) atoms. The number of rotatable bonds is 5. The standard InChI is InChI=1S/C12H9F2N3O3/c13-12(14)20-8-4-1-7(2-5-8)3-6-9-10(11(18)19)16-17-15-9/h1-6,12H,(H,18,19)(H,15,16,17)/b6-3+. The van der Waals surface area contributed by atoms with Crippen molar-refractivity contribution in [2.24, 2.45) is 0 Å². The van der Waals surface area contributed by atoms with E-state index in [9.17, 15) is 13.6 Å². The van der Waals surface area contributed by atoms with Gasteiger partial charge in [-0.15, -0.1) is 5.10 Å². The highest BCUT2D eigenvalue weighted by Crippen LogP contribution is 2.16. The minimum atomic E-state index is -2.87. The van der Waals surface area contributed by atoms with Gasteiger partial charge in [0.05, 0.1) is 0 Å². The highest BCUT2D eigenvalue weighted by molar-refractivity contribution is 5.90. The molecule has 1 heterocycles. The van der Waals surface area contributed by atoms with Gasteiger partial charge in [-0.25, -0.2) is 4.79 Å². The normalized spacial score (nSPS) is 11.2. The highest BCUT2D eigenvalue weighted by Gasteiger charge is 2.12. The molecule has 0 atom stereocenters. The largest absolute Gasteiger partial charge is 0.476 e. The molecule has 0 spiro atoms. The van der Waals surface area contributed by atoms with Crippen molar-refractivity contribution in [3.8, 4) is 5.75 Å². The molecule has 0 aliphatic carbocycles. The molecule has 0 fully saturated rings. The maximum absolute atomic E-state index is 12.0. The van der Waals surface area contributed by atoms with Crippen molar-refractivity contribution in [1.82, 2.24) is 15.4 Å². The number of carbonyl (C=O) groups is 1.